The molecule has 2 N–H and O–H groups in total. The molecular formula is C13H9N3O4. The van der Waals surface area contributed by atoms with Crippen LogP contribution in [0.4, 0.5) is 0 Å². The summed E-state index contributed by atoms with van der Waals surface area (Å²) in [5.74, 6) is -0.661. The number of pyridine rings is 1. The van der Waals surface area contributed by atoms with Crippen LogP contribution in [-0.2, 0) is 4.74 Å². The summed E-state index contributed by atoms with van der Waals surface area (Å²) in [6.07, 6.45) is 0. The predicted molar refractivity (Wildman–Crippen MR) is 71.8 cm³/mol. The summed E-state index contributed by atoms with van der Waals surface area (Å²) >= 11 is 0. The van der Waals surface area contributed by atoms with E-state index in [-0.39, 0.29) is 16.6 Å². The van der Waals surface area contributed by atoms with Gasteiger partial charge in [-0.25, -0.2) is 14.6 Å². The van der Waals surface area contributed by atoms with Crippen LogP contribution in [0.15, 0.2) is 33.9 Å². The number of ether oxygens (including phenoxy) is 1. The van der Waals surface area contributed by atoms with Crippen molar-refractivity contribution < 1.29 is 9.53 Å². The van der Waals surface area contributed by atoms with Crippen molar-refractivity contribution in [1.82, 2.24) is 15.0 Å². The largest absolute Gasteiger partial charge is 0.465 e. The highest BCUT2D eigenvalue weighted by Gasteiger charge is 2.19. The third-order valence-corrected chi connectivity index (χ3v) is 2.97. The minimum atomic E-state index is -0.680. The van der Waals surface area contributed by atoms with Crippen molar-refractivity contribution in [3.8, 4) is 0 Å². The van der Waals surface area contributed by atoms with Gasteiger partial charge in [0.15, 0.2) is 0 Å². The van der Waals surface area contributed by atoms with Gasteiger partial charge in [0.2, 0.25) is 0 Å². The highest BCUT2D eigenvalue weighted by atomic mass is 16.5. The number of carbonyl (C=O) groups is 1. The lowest BCUT2D eigenvalue weighted by atomic mass is 10.1. The lowest BCUT2D eigenvalue weighted by Crippen LogP contribution is -2.24. The number of rotatable bonds is 1. The molecule has 7 heteroatoms. The minimum absolute atomic E-state index is 0.00940. The molecule has 0 saturated carbocycles. The lowest BCUT2D eigenvalue weighted by molar-refractivity contribution is 0.0605. The number of methoxy groups -OCH3 is 1. The second-order valence-corrected chi connectivity index (χ2v) is 4.13. The number of aromatic amines is 2. The topological polar surface area (TPSA) is 105 Å². The Morgan fingerprint density at radius 2 is 1.95 bits per heavy atom. The molecule has 0 aliphatic carbocycles. The van der Waals surface area contributed by atoms with Crippen molar-refractivity contribution in [3.05, 3.63) is 50.7 Å². The first-order chi connectivity index (χ1) is 9.61. The van der Waals surface area contributed by atoms with E-state index in [4.69, 9.17) is 4.74 Å². The zero-order valence-electron chi connectivity index (χ0n) is 10.4. The van der Waals surface area contributed by atoms with Crippen LogP contribution in [0.1, 0.15) is 10.4 Å². The first-order valence-corrected chi connectivity index (χ1v) is 5.75. The van der Waals surface area contributed by atoms with Crippen molar-refractivity contribution in [2.24, 2.45) is 0 Å². The molecule has 0 bridgehead atoms. The van der Waals surface area contributed by atoms with Crippen molar-refractivity contribution in [2.75, 3.05) is 7.11 Å². The summed E-state index contributed by atoms with van der Waals surface area (Å²) in [5, 5.41) is 0.500. The van der Waals surface area contributed by atoms with E-state index in [9.17, 15) is 14.4 Å². The van der Waals surface area contributed by atoms with Crippen LogP contribution in [-0.4, -0.2) is 28.0 Å². The number of esters is 1. The average molecular weight is 271 g/mol. The molecule has 0 spiro atoms. The number of nitrogens with one attached hydrogen (secondary N) is 2. The number of H-pyrrole nitrogens is 2. The van der Waals surface area contributed by atoms with Gasteiger partial charge in [-0.3, -0.25) is 14.8 Å². The Morgan fingerprint density at radius 3 is 2.70 bits per heavy atom. The minimum Gasteiger partial charge on any atom is -0.465 e. The molecule has 7 nitrogen and oxygen atoms in total. The van der Waals surface area contributed by atoms with Crippen LogP contribution in [0.25, 0.3) is 21.9 Å². The molecule has 0 fully saturated rings. The van der Waals surface area contributed by atoms with Crippen LogP contribution in [0.2, 0.25) is 0 Å². The molecule has 0 atom stereocenters. The molecule has 0 aliphatic heterocycles. The van der Waals surface area contributed by atoms with Gasteiger partial charge in [-0.2, -0.15) is 0 Å². The summed E-state index contributed by atoms with van der Waals surface area (Å²) in [6, 6.07) is 6.81. The average Bonchev–Trinajstić information content (AvgIpc) is 2.44. The number of carbonyl (C=O) groups excluding carboxylic acids is 1. The van der Waals surface area contributed by atoms with Gasteiger partial charge in [-0.05, 0) is 6.07 Å². The standard InChI is InChI=1S/C13H9N3O4/c1-20-12(18)8-6-4-2-3-5-7(6)14-10-9(8)11(17)16-13(19)15-10/h2-5H,1H3,(H2,14,15,16,17,19). The first kappa shape index (κ1) is 12.1. The van der Waals surface area contributed by atoms with E-state index in [0.717, 1.165) is 0 Å². The van der Waals surface area contributed by atoms with Crippen molar-refractivity contribution in [2.45, 2.75) is 0 Å². The molecule has 20 heavy (non-hydrogen) atoms. The third kappa shape index (κ3) is 1.68. The summed E-state index contributed by atoms with van der Waals surface area (Å²) in [6.45, 7) is 0. The fraction of sp³-hybridized carbons (Fsp3) is 0.0769. The highest BCUT2D eigenvalue weighted by molar-refractivity contribution is 6.13. The first-order valence-electron chi connectivity index (χ1n) is 5.75. The van der Waals surface area contributed by atoms with Crippen LogP contribution >= 0.6 is 0 Å². The molecule has 0 aliphatic rings. The van der Waals surface area contributed by atoms with E-state index in [1.165, 1.54) is 7.11 Å². The van der Waals surface area contributed by atoms with Gasteiger partial charge in [0, 0.05) is 5.39 Å². The normalized spacial score (nSPS) is 10.8. The number of hydrogen-bond acceptors (Lipinski definition) is 5. The molecule has 0 saturated heterocycles. The summed E-state index contributed by atoms with van der Waals surface area (Å²) in [4.78, 5) is 44.0. The van der Waals surface area contributed by atoms with E-state index < -0.39 is 17.2 Å². The van der Waals surface area contributed by atoms with E-state index in [0.29, 0.717) is 10.9 Å². The third-order valence-electron chi connectivity index (χ3n) is 2.97. The van der Waals surface area contributed by atoms with Gasteiger partial charge >= 0.3 is 11.7 Å². The van der Waals surface area contributed by atoms with E-state index in [1.807, 2.05) is 0 Å². The predicted octanol–water partition coefficient (Wildman–Crippen LogP) is 0.551. The zero-order chi connectivity index (χ0) is 14.3. The summed E-state index contributed by atoms with van der Waals surface area (Å²) in [7, 11) is 1.23. The maximum atomic E-state index is 12.0. The van der Waals surface area contributed by atoms with Crippen molar-refractivity contribution >= 4 is 27.9 Å². The number of aromatic nitrogens is 3. The number of hydrogen-bond donors (Lipinski definition) is 2. The maximum Gasteiger partial charge on any atom is 0.339 e. The Hall–Kier alpha value is -2.96. The maximum absolute atomic E-state index is 12.0. The number of nitrogens with zero attached hydrogens (tertiary/aromatic N) is 1. The molecular weight excluding hydrogens is 262 g/mol. The quantitative estimate of drug-likeness (QED) is 0.496. The van der Waals surface area contributed by atoms with Crippen LogP contribution in [0, 0.1) is 0 Å². The molecule has 3 rings (SSSR count). The van der Waals surface area contributed by atoms with E-state index in [2.05, 4.69) is 15.0 Å². The molecule has 3 aromatic rings. The zero-order valence-corrected chi connectivity index (χ0v) is 10.4. The second-order valence-electron chi connectivity index (χ2n) is 4.13. The van der Waals surface area contributed by atoms with Gasteiger partial charge < -0.3 is 4.74 Å². The molecule has 1 aromatic carbocycles. The molecule has 0 amide bonds. The summed E-state index contributed by atoms with van der Waals surface area (Å²) in [5.41, 5.74) is -0.728. The molecule has 100 valence electrons. The Balaban J connectivity index is 2.65. The second kappa shape index (κ2) is 4.30. The van der Waals surface area contributed by atoms with Gasteiger partial charge in [0.05, 0.1) is 23.6 Å². The van der Waals surface area contributed by atoms with Gasteiger partial charge in [-0.15, -0.1) is 0 Å². The molecule has 0 radical (unpaired) electrons. The van der Waals surface area contributed by atoms with Crippen LogP contribution < -0.4 is 11.2 Å². The van der Waals surface area contributed by atoms with Crippen molar-refractivity contribution in [3.63, 3.8) is 0 Å². The number of fused-ring (bicyclic) bond motifs is 2. The monoisotopic (exact) mass is 271 g/mol. The Bertz CT molecular complexity index is 955. The Kier molecular flexibility index (Phi) is 2.60. The Labute approximate surface area is 111 Å². The molecule has 2 heterocycles. The van der Waals surface area contributed by atoms with Gasteiger partial charge in [-0.1, -0.05) is 18.2 Å². The lowest BCUT2D eigenvalue weighted by Gasteiger charge is -2.07. The van der Waals surface area contributed by atoms with Crippen molar-refractivity contribution in [1.29, 1.82) is 0 Å². The van der Waals surface area contributed by atoms with Crippen LogP contribution in [0.3, 0.4) is 0 Å². The van der Waals surface area contributed by atoms with E-state index >= 15 is 0 Å². The number of para-hydroxylation sites is 1. The number of benzene rings is 1. The van der Waals surface area contributed by atoms with E-state index in [1.54, 1.807) is 24.3 Å². The molecule has 2 aromatic heterocycles. The summed E-state index contributed by atoms with van der Waals surface area (Å²) < 4.78 is 4.73. The van der Waals surface area contributed by atoms with Gasteiger partial charge in [0.25, 0.3) is 5.56 Å². The fourth-order valence-electron chi connectivity index (χ4n) is 2.14. The Morgan fingerprint density at radius 1 is 1.20 bits per heavy atom. The fourth-order valence-corrected chi connectivity index (χ4v) is 2.14. The molecule has 0 unspecified atom stereocenters. The highest BCUT2D eigenvalue weighted by Crippen LogP contribution is 2.22. The SMILES string of the molecule is COC(=O)c1c2ccccc2nc2[nH]c(=O)[nH]c(=O)c12. The van der Waals surface area contributed by atoms with Gasteiger partial charge in [0.1, 0.15) is 5.65 Å². The smallest absolute Gasteiger partial charge is 0.339 e. The van der Waals surface area contributed by atoms with Crippen LogP contribution in [0.5, 0.6) is 0 Å².